The monoisotopic (exact) mass is 308 g/mol. The highest BCUT2D eigenvalue weighted by Gasteiger charge is 2.23. The van der Waals surface area contributed by atoms with Crippen LogP contribution in [0.25, 0.3) is 0 Å². The average Bonchev–Trinajstić information content (AvgIpc) is 2.79. The maximum Gasteiger partial charge on any atom is 0.119 e. The molecule has 3 heteroatoms. The Morgan fingerprint density at radius 1 is 1.17 bits per heavy atom. The molecule has 0 radical (unpaired) electrons. The minimum atomic E-state index is 0.321. The van der Waals surface area contributed by atoms with E-state index in [0.29, 0.717) is 5.92 Å². The number of ether oxygens (including phenoxy) is 1. The first-order valence-electron chi connectivity index (χ1n) is 8.35. The van der Waals surface area contributed by atoms with Gasteiger partial charge in [-0.05, 0) is 48.6 Å². The quantitative estimate of drug-likeness (QED) is 0.892. The number of benzene rings is 2. The molecule has 2 aromatic rings. The number of amidine groups is 1. The molecule has 23 heavy (non-hydrogen) atoms. The summed E-state index contributed by atoms with van der Waals surface area (Å²) in [7, 11) is 1.72. The average molecular weight is 308 g/mol. The minimum Gasteiger partial charge on any atom is -0.497 e. The molecule has 0 fully saturated rings. The second kappa shape index (κ2) is 7.32. The Morgan fingerprint density at radius 3 is 2.74 bits per heavy atom. The van der Waals surface area contributed by atoms with Gasteiger partial charge in [0.05, 0.1) is 7.11 Å². The zero-order valence-corrected chi connectivity index (χ0v) is 13.9. The van der Waals surface area contributed by atoms with Crippen molar-refractivity contribution in [2.45, 2.75) is 32.1 Å². The smallest absolute Gasteiger partial charge is 0.119 e. The molecule has 2 aromatic carbocycles. The number of fused-ring (bicyclic) bond motifs is 1. The first-order valence-corrected chi connectivity index (χ1v) is 8.35. The van der Waals surface area contributed by atoms with Gasteiger partial charge in [-0.1, -0.05) is 37.3 Å². The van der Waals surface area contributed by atoms with Crippen molar-refractivity contribution in [1.29, 1.82) is 0 Å². The Kier molecular flexibility index (Phi) is 4.96. The molecule has 0 aliphatic carbocycles. The number of nitrogens with zero attached hydrogens (tertiary/aromatic N) is 1. The fourth-order valence-corrected chi connectivity index (χ4v) is 3.08. The van der Waals surface area contributed by atoms with Crippen molar-refractivity contribution in [2.24, 2.45) is 4.99 Å². The Hall–Kier alpha value is -2.29. The van der Waals surface area contributed by atoms with Crippen LogP contribution in [-0.4, -0.2) is 19.5 Å². The standard InChI is InChI=1S/C20H24N2O/c1-3-13-21-20-18(15-7-5-4-6-8-15)11-9-16-14-17(23-2)10-12-19(16)22-20/h4-8,10,12,14,18H,3,9,11,13H2,1-2H3,(H,21,22). The van der Waals surface area contributed by atoms with Crippen LogP contribution in [0.3, 0.4) is 0 Å². The van der Waals surface area contributed by atoms with Gasteiger partial charge >= 0.3 is 0 Å². The van der Waals surface area contributed by atoms with Gasteiger partial charge in [-0.15, -0.1) is 0 Å². The predicted molar refractivity (Wildman–Crippen MR) is 96.7 cm³/mol. The molecule has 1 aliphatic heterocycles. The Balaban J connectivity index is 1.96. The third-order valence-corrected chi connectivity index (χ3v) is 4.32. The molecule has 0 spiro atoms. The van der Waals surface area contributed by atoms with E-state index < -0.39 is 0 Å². The van der Waals surface area contributed by atoms with E-state index >= 15 is 0 Å². The van der Waals surface area contributed by atoms with E-state index in [0.717, 1.165) is 43.1 Å². The molecule has 0 bridgehead atoms. The van der Waals surface area contributed by atoms with Gasteiger partial charge < -0.3 is 10.1 Å². The molecule has 0 saturated heterocycles. The molecule has 0 amide bonds. The Bertz CT molecular complexity index is 679. The van der Waals surface area contributed by atoms with Gasteiger partial charge in [-0.3, -0.25) is 4.99 Å². The van der Waals surface area contributed by atoms with Crippen LogP contribution in [0, 0.1) is 0 Å². The van der Waals surface area contributed by atoms with Gasteiger partial charge in [0.25, 0.3) is 0 Å². The number of nitrogens with one attached hydrogen (secondary N) is 1. The van der Waals surface area contributed by atoms with Crippen molar-refractivity contribution >= 4 is 11.5 Å². The summed E-state index contributed by atoms with van der Waals surface area (Å²) >= 11 is 0. The molecule has 1 atom stereocenters. The lowest BCUT2D eigenvalue weighted by Gasteiger charge is -2.18. The van der Waals surface area contributed by atoms with E-state index in [1.54, 1.807) is 7.11 Å². The van der Waals surface area contributed by atoms with Crippen molar-refractivity contribution in [1.82, 2.24) is 0 Å². The number of methoxy groups -OCH3 is 1. The number of aliphatic imine (C=N–C) groups is 1. The topological polar surface area (TPSA) is 33.6 Å². The van der Waals surface area contributed by atoms with Gasteiger partial charge in [0.2, 0.25) is 0 Å². The molecule has 0 aromatic heterocycles. The second-order valence-corrected chi connectivity index (χ2v) is 5.92. The maximum atomic E-state index is 5.37. The highest BCUT2D eigenvalue weighted by molar-refractivity contribution is 6.01. The summed E-state index contributed by atoms with van der Waals surface area (Å²) in [5, 5.41) is 3.59. The summed E-state index contributed by atoms with van der Waals surface area (Å²) in [6.07, 6.45) is 3.13. The van der Waals surface area contributed by atoms with Crippen molar-refractivity contribution in [3.63, 3.8) is 0 Å². The molecule has 1 heterocycles. The van der Waals surface area contributed by atoms with Gasteiger partial charge in [0.15, 0.2) is 0 Å². The van der Waals surface area contributed by atoms with Crippen molar-refractivity contribution in [2.75, 3.05) is 19.0 Å². The van der Waals surface area contributed by atoms with Crippen LogP contribution in [0.1, 0.15) is 36.8 Å². The molecule has 3 rings (SSSR count). The first kappa shape index (κ1) is 15.6. The molecule has 0 saturated carbocycles. The SMILES string of the molecule is CCCN=C1Nc2ccc(OC)cc2CCC1c1ccccc1. The summed E-state index contributed by atoms with van der Waals surface area (Å²) in [5.74, 6) is 2.32. The third-order valence-electron chi connectivity index (χ3n) is 4.32. The number of anilines is 1. The summed E-state index contributed by atoms with van der Waals surface area (Å²) in [5.41, 5.74) is 3.78. The summed E-state index contributed by atoms with van der Waals surface area (Å²) in [6, 6.07) is 16.9. The van der Waals surface area contributed by atoms with E-state index in [1.807, 2.05) is 6.07 Å². The molecular weight excluding hydrogens is 284 g/mol. The van der Waals surface area contributed by atoms with E-state index in [2.05, 4.69) is 54.7 Å². The molecule has 120 valence electrons. The molecule has 3 nitrogen and oxygen atoms in total. The summed E-state index contributed by atoms with van der Waals surface area (Å²) < 4.78 is 5.37. The van der Waals surface area contributed by atoms with E-state index in [4.69, 9.17) is 9.73 Å². The number of hydrogen-bond acceptors (Lipinski definition) is 2. The largest absolute Gasteiger partial charge is 0.497 e. The first-order chi connectivity index (χ1) is 11.3. The van der Waals surface area contributed by atoms with Crippen LogP contribution in [0.4, 0.5) is 5.69 Å². The van der Waals surface area contributed by atoms with Crippen LogP contribution < -0.4 is 10.1 Å². The predicted octanol–water partition coefficient (Wildman–Crippen LogP) is 4.65. The highest BCUT2D eigenvalue weighted by Crippen LogP contribution is 2.32. The van der Waals surface area contributed by atoms with Gasteiger partial charge in [0, 0.05) is 18.2 Å². The summed E-state index contributed by atoms with van der Waals surface area (Å²) in [6.45, 7) is 3.02. The van der Waals surface area contributed by atoms with Gasteiger partial charge in [0.1, 0.15) is 11.6 Å². The van der Waals surface area contributed by atoms with Gasteiger partial charge in [-0.2, -0.15) is 0 Å². The van der Waals surface area contributed by atoms with E-state index in [1.165, 1.54) is 11.1 Å². The van der Waals surface area contributed by atoms with E-state index in [-0.39, 0.29) is 0 Å². The van der Waals surface area contributed by atoms with E-state index in [9.17, 15) is 0 Å². The van der Waals surface area contributed by atoms with Crippen molar-refractivity contribution in [3.8, 4) is 5.75 Å². The molecule has 1 N–H and O–H groups in total. The number of aryl methyl sites for hydroxylation is 1. The third kappa shape index (κ3) is 3.55. The zero-order valence-electron chi connectivity index (χ0n) is 13.9. The van der Waals surface area contributed by atoms with Crippen LogP contribution in [0.15, 0.2) is 53.5 Å². The lowest BCUT2D eigenvalue weighted by Crippen LogP contribution is -2.20. The number of rotatable bonds is 4. The maximum absolute atomic E-state index is 5.37. The van der Waals surface area contributed by atoms with Crippen LogP contribution >= 0.6 is 0 Å². The molecule has 1 unspecified atom stereocenters. The number of hydrogen-bond donors (Lipinski definition) is 1. The van der Waals surface area contributed by atoms with Gasteiger partial charge in [-0.25, -0.2) is 0 Å². The van der Waals surface area contributed by atoms with Crippen LogP contribution in [0.5, 0.6) is 5.75 Å². The molecule has 1 aliphatic rings. The highest BCUT2D eigenvalue weighted by atomic mass is 16.5. The second-order valence-electron chi connectivity index (χ2n) is 5.92. The lowest BCUT2D eigenvalue weighted by molar-refractivity contribution is 0.414. The minimum absolute atomic E-state index is 0.321. The Morgan fingerprint density at radius 2 is 2.00 bits per heavy atom. The molecular formula is C20H24N2O. The normalized spacial score (nSPS) is 18.9. The zero-order chi connectivity index (χ0) is 16.1. The van der Waals surface area contributed by atoms with Crippen LogP contribution in [-0.2, 0) is 6.42 Å². The fraction of sp³-hybridized carbons (Fsp3) is 0.350. The van der Waals surface area contributed by atoms with Crippen molar-refractivity contribution < 1.29 is 4.74 Å². The fourth-order valence-electron chi connectivity index (χ4n) is 3.08. The van der Waals surface area contributed by atoms with Crippen molar-refractivity contribution in [3.05, 3.63) is 59.7 Å². The van der Waals surface area contributed by atoms with Crippen LogP contribution in [0.2, 0.25) is 0 Å². The lowest BCUT2D eigenvalue weighted by atomic mass is 9.92. The summed E-state index contributed by atoms with van der Waals surface area (Å²) in [4.78, 5) is 4.84. The Labute approximate surface area is 138 Å².